The second-order valence-electron chi connectivity index (χ2n) is 6.99. The summed E-state index contributed by atoms with van der Waals surface area (Å²) in [5.74, 6) is 0.539. The third kappa shape index (κ3) is 4.01. The zero-order chi connectivity index (χ0) is 19.0. The number of ether oxygens (including phenoxy) is 1. The maximum absolute atomic E-state index is 13.1. The van der Waals surface area contributed by atoms with E-state index in [-0.39, 0.29) is 41.9 Å². The number of imidazole rings is 1. The van der Waals surface area contributed by atoms with Crippen LogP contribution in [0.15, 0.2) is 36.8 Å². The Labute approximate surface area is 170 Å². The van der Waals surface area contributed by atoms with Gasteiger partial charge in [-0.15, -0.1) is 12.4 Å². The summed E-state index contributed by atoms with van der Waals surface area (Å²) in [4.78, 5) is 24.0. The van der Waals surface area contributed by atoms with Gasteiger partial charge in [-0.05, 0) is 18.2 Å². The smallest absolute Gasteiger partial charge is 0.254 e. The Bertz CT molecular complexity index is 935. The van der Waals surface area contributed by atoms with Gasteiger partial charge in [0.1, 0.15) is 5.75 Å². The molecule has 2 aliphatic heterocycles. The van der Waals surface area contributed by atoms with E-state index < -0.39 is 9.84 Å². The highest BCUT2D eigenvalue weighted by Gasteiger charge is 2.48. The summed E-state index contributed by atoms with van der Waals surface area (Å²) >= 11 is 0. The molecule has 2 atom stereocenters. The van der Waals surface area contributed by atoms with Gasteiger partial charge in [-0.3, -0.25) is 9.69 Å². The highest BCUT2D eigenvalue weighted by molar-refractivity contribution is 7.91. The topological polar surface area (TPSA) is 95.6 Å². The van der Waals surface area contributed by atoms with E-state index in [1.807, 2.05) is 0 Å². The van der Waals surface area contributed by atoms with Crippen molar-refractivity contribution in [1.29, 1.82) is 0 Å². The van der Waals surface area contributed by atoms with Crippen LogP contribution < -0.4 is 4.74 Å². The Hall–Kier alpha value is -2.10. The molecular formula is C18H23ClN4O4S. The molecule has 8 nitrogen and oxygen atoms in total. The van der Waals surface area contributed by atoms with E-state index in [1.165, 1.54) is 0 Å². The van der Waals surface area contributed by atoms with Crippen molar-refractivity contribution in [3.63, 3.8) is 0 Å². The third-order valence-corrected chi connectivity index (χ3v) is 7.00. The van der Waals surface area contributed by atoms with Crippen molar-refractivity contribution >= 4 is 28.2 Å². The fourth-order valence-electron chi connectivity index (χ4n) is 3.99. The van der Waals surface area contributed by atoms with E-state index in [2.05, 4.69) is 14.9 Å². The minimum absolute atomic E-state index is 0. The summed E-state index contributed by atoms with van der Waals surface area (Å²) < 4.78 is 29.9. The van der Waals surface area contributed by atoms with Crippen LogP contribution in [0.2, 0.25) is 0 Å². The van der Waals surface area contributed by atoms with Gasteiger partial charge in [0.2, 0.25) is 0 Å². The lowest BCUT2D eigenvalue weighted by Crippen LogP contribution is -2.60. The van der Waals surface area contributed by atoms with Crippen LogP contribution in [0, 0.1) is 0 Å². The number of H-pyrrole nitrogens is 1. The lowest BCUT2D eigenvalue weighted by atomic mass is 10.0. The van der Waals surface area contributed by atoms with Crippen LogP contribution in [0.5, 0.6) is 5.75 Å². The molecule has 1 N–H and O–H groups in total. The standard InChI is InChI=1S/C18H22N4O4S.ClH/c1-26-15-4-2-3-13(7-15)18(23)22-6-5-21(9-14-8-19-12-20-14)16-10-27(24,25)11-17(16)22;/h2-4,7-8,12,16-17H,5-6,9-11H2,1H3,(H,19,20);1H/t16-,17+;/m1./s1. The van der Waals surface area contributed by atoms with Crippen molar-refractivity contribution in [3.05, 3.63) is 48.0 Å². The number of piperazine rings is 1. The van der Waals surface area contributed by atoms with E-state index in [4.69, 9.17) is 4.74 Å². The van der Waals surface area contributed by atoms with E-state index >= 15 is 0 Å². The first-order chi connectivity index (χ1) is 13.0. The van der Waals surface area contributed by atoms with Crippen LogP contribution in [0.25, 0.3) is 0 Å². The number of nitrogens with one attached hydrogen (secondary N) is 1. The lowest BCUT2D eigenvalue weighted by Gasteiger charge is -2.43. The maximum atomic E-state index is 13.1. The van der Waals surface area contributed by atoms with Gasteiger partial charge in [0.25, 0.3) is 5.91 Å². The number of hydrogen-bond acceptors (Lipinski definition) is 6. The third-order valence-electron chi connectivity index (χ3n) is 5.30. The molecule has 1 aromatic heterocycles. The molecule has 0 spiro atoms. The molecule has 1 amide bonds. The first kappa shape index (κ1) is 20.6. The molecule has 10 heteroatoms. The molecule has 4 rings (SSSR count). The highest BCUT2D eigenvalue weighted by Crippen LogP contribution is 2.29. The van der Waals surface area contributed by atoms with Crippen molar-refractivity contribution in [1.82, 2.24) is 19.8 Å². The van der Waals surface area contributed by atoms with Crippen molar-refractivity contribution < 1.29 is 17.9 Å². The average Bonchev–Trinajstić information content (AvgIpc) is 3.28. The van der Waals surface area contributed by atoms with Crippen molar-refractivity contribution in [2.45, 2.75) is 18.6 Å². The molecule has 0 radical (unpaired) electrons. The molecule has 28 heavy (non-hydrogen) atoms. The quantitative estimate of drug-likeness (QED) is 0.782. The number of aromatic nitrogens is 2. The van der Waals surface area contributed by atoms with Gasteiger partial charge in [-0.25, -0.2) is 13.4 Å². The van der Waals surface area contributed by atoms with Crippen LogP contribution >= 0.6 is 12.4 Å². The minimum Gasteiger partial charge on any atom is -0.497 e. The zero-order valence-corrected chi connectivity index (χ0v) is 17.1. The first-order valence-electron chi connectivity index (χ1n) is 8.83. The molecule has 0 bridgehead atoms. The van der Waals surface area contributed by atoms with E-state index in [0.717, 1.165) is 5.69 Å². The molecule has 0 saturated carbocycles. The van der Waals surface area contributed by atoms with E-state index in [9.17, 15) is 13.2 Å². The van der Waals surface area contributed by atoms with Gasteiger partial charge in [-0.2, -0.15) is 0 Å². The van der Waals surface area contributed by atoms with Crippen molar-refractivity contribution in [2.24, 2.45) is 0 Å². The van der Waals surface area contributed by atoms with Gasteiger partial charge in [0.05, 0.1) is 31.0 Å². The van der Waals surface area contributed by atoms with Gasteiger partial charge in [0, 0.05) is 43.1 Å². The number of halogens is 1. The largest absolute Gasteiger partial charge is 0.497 e. The molecule has 2 saturated heterocycles. The molecule has 3 heterocycles. The van der Waals surface area contributed by atoms with E-state index in [1.54, 1.807) is 48.8 Å². The van der Waals surface area contributed by atoms with Gasteiger partial charge >= 0.3 is 0 Å². The summed E-state index contributed by atoms with van der Waals surface area (Å²) in [7, 11) is -1.64. The monoisotopic (exact) mass is 426 g/mol. The lowest BCUT2D eigenvalue weighted by molar-refractivity contribution is 0.0302. The number of benzene rings is 1. The summed E-state index contributed by atoms with van der Waals surface area (Å²) in [6.07, 6.45) is 3.35. The second kappa shape index (κ2) is 8.10. The maximum Gasteiger partial charge on any atom is 0.254 e. The molecular weight excluding hydrogens is 404 g/mol. The van der Waals surface area contributed by atoms with Gasteiger partial charge in [0.15, 0.2) is 9.84 Å². The predicted octanol–water partition coefficient (Wildman–Crippen LogP) is 0.964. The number of methoxy groups -OCH3 is 1. The number of nitrogens with zero attached hydrogens (tertiary/aromatic N) is 3. The Morgan fingerprint density at radius 2 is 2.07 bits per heavy atom. The SMILES string of the molecule is COc1cccc(C(=O)N2CCN(Cc3cnc[nH]3)[C@@H]3CS(=O)(=O)C[C@@H]32)c1.Cl. The second-order valence-corrected chi connectivity index (χ2v) is 9.14. The normalized spacial score (nSPS) is 23.7. The van der Waals surface area contributed by atoms with Crippen LogP contribution in [-0.2, 0) is 16.4 Å². The average molecular weight is 427 g/mol. The predicted molar refractivity (Wildman–Crippen MR) is 107 cm³/mol. The molecule has 0 unspecified atom stereocenters. The summed E-state index contributed by atoms with van der Waals surface area (Å²) in [6.45, 7) is 1.70. The number of aromatic amines is 1. The number of amides is 1. The summed E-state index contributed by atoms with van der Waals surface area (Å²) in [5, 5.41) is 0. The Morgan fingerprint density at radius 1 is 1.29 bits per heavy atom. The van der Waals surface area contributed by atoms with E-state index in [0.29, 0.717) is 30.9 Å². The van der Waals surface area contributed by atoms with Gasteiger partial charge < -0.3 is 14.6 Å². The fourth-order valence-corrected chi connectivity index (χ4v) is 6.00. The zero-order valence-electron chi connectivity index (χ0n) is 15.4. The first-order valence-corrected chi connectivity index (χ1v) is 10.7. The highest BCUT2D eigenvalue weighted by atomic mass is 35.5. The Balaban J connectivity index is 0.00000225. The molecule has 2 aromatic rings. The number of carbonyl (C=O) groups excluding carboxylic acids is 1. The number of hydrogen-bond donors (Lipinski definition) is 1. The number of carbonyl (C=O) groups is 1. The van der Waals surface area contributed by atoms with Crippen molar-refractivity contribution in [3.8, 4) is 5.75 Å². The number of fused-ring (bicyclic) bond motifs is 1. The number of sulfone groups is 1. The molecule has 1 aromatic carbocycles. The molecule has 152 valence electrons. The Kier molecular flexibility index (Phi) is 5.97. The van der Waals surface area contributed by atoms with Crippen LogP contribution in [0.3, 0.4) is 0 Å². The van der Waals surface area contributed by atoms with Crippen LogP contribution in [-0.4, -0.2) is 77.9 Å². The molecule has 0 aliphatic carbocycles. The minimum atomic E-state index is -3.19. The summed E-state index contributed by atoms with van der Waals surface area (Å²) in [6, 6.07) is 6.43. The molecule has 2 aliphatic rings. The fraction of sp³-hybridized carbons (Fsp3) is 0.444. The molecule has 2 fully saturated rings. The van der Waals surface area contributed by atoms with Crippen molar-refractivity contribution in [2.75, 3.05) is 31.7 Å². The Morgan fingerprint density at radius 3 is 2.79 bits per heavy atom. The van der Waals surface area contributed by atoms with Gasteiger partial charge in [-0.1, -0.05) is 6.07 Å². The summed E-state index contributed by atoms with van der Waals surface area (Å²) in [5.41, 5.74) is 1.45. The number of rotatable bonds is 4. The van der Waals surface area contributed by atoms with Crippen LogP contribution in [0.1, 0.15) is 16.1 Å². The van der Waals surface area contributed by atoms with Crippen LogP contribution in [0.4, 0.5) is 0 Å².